The summed E-state index contributed by atoms with van der Waals surface area (Å²) in [6.45, 7) is 0. The van der Waals surface area contributed by atoms with Crippen molar-refractivity contribution in [3.63, 3.8) is 0 Å². The van der Waals surface area contributed by atoms with Crippen LogP contribution in [0.1, 0.15) is 0 Å². The first-order valence-corrected chi connectivity index (χ1v) is 23.0. The highest BCUT2D eigenvalue weighted by Crippen LogP contribution is 2.45. The van der Waals surface area contributed by atoms with Crippen molar-refractivity contribution in [2.45, 2.75) is 0 Å². The average Bonchev–Trinajstić information content (AvgIpc) is 3.95. The fraction of sp³-hybridized carbons (Fsp3) is 0. The number of benzene rings is 10. The van der Waals surface area contributed by atoms with Gasteiger partial charge in [-0.3, -0.25) is 4.57 Å². The van der Waals surface area contributed by atoms with E-state index in [0.717, 1.165) is 93.8 Å². The van der Waals surface area contributed by atoms with Crippen LogP contribution in [-0.2, 0) is 0 Å². The van der Waals surface area contributed by atoms with Crippen LogP contribution in [-0.4, -0.2) is 24.1 Å². The van der Waals surface area contributed by atoms with Crippen LogP contribution in [0.15, 0.2) is 249 Å². The van der Waals surface area contributed by atoms with Crippen molar-refractivity contribution in [3.8, 4) is 78.9 Å². The Balaban J connectivity index is 1.10. The van der Waals surface area contributed by atoms with Crippen LogP contribution in [0.4, 0.5) is 0 Å². The Morgan fingerprint density at radius 2 is 0.647 bits per heavy atom. The molecule has 5 heteroatoms. The van der Waals surface area contributed by atoms with Crippen LogP contribution in [0.2, 0.25) is 0 Å². The summed E-state index contributed by atoms with van der Waals surface area (Å²) in [5, 5.41) is 4.54. The molecule has 3 aromatic heterocycles. The lowest BCUT2D eigenvalue weighted by Gasteiger charge is -2.19. The van der Waals surface area contributed by atoms with Gasteiger partial charge >= 0.3 is 0 Å². The van der Waals surface area contributed by atoms with Gasteiger partial charge in [0.05, 0.1) is 27.8 Å². The second kappa shape index (κ2) is 16.4. The molecule has 0 fully saturated rings. The summed E-state index contributed by atoms with van der Waals surface area (Å²) >= 11 is 0. The first-order valence-electron chi connectivity index (χ1n) is 23.0. The monoisotopic (exact) mass is 867 g/mol. The van der Waals surface area contributed by atoms with Crippen LogP contribution >= 0.6 is 0 Å². The maximum Gasteiger partial charge on any atom is 0.238 e. The molecule has 0 amide bonds. The molecular formula is C63H41N5. The van der Waals surface area contributed by atoms with Gasteiger partial charge in [0, 0.05) is 38.2 Å². The third kappa shape index (κ3) is 6.59. The number of fused-ring (bicyclic) bond motifs is 7. The molecule has 0 aliphatic heterocycles. The van der Waals surface area contributed by atoms with E-state index >= 15 is 0 Å². The zero-order chi connectivity index (χ0) is 45.0. The van der Waals surface area contributed by atoms with Crippen LogP contribution in [0.25, 0.3) is 123 Å². The van der Waals surface area contributed by atoms with Gasteiger partial charge in [-0.15, -0.1) is 0 Å². The molecular weight excluding hydrogens is 827 g/mol. The molecule has 5 nitrogen and oxygen atoms in total. The van der Waals surface area contributed by atoms with Gasteiger partial charge in [0.1, 0.15) is 0 Å². The van der Waals surface area contributed by atoms with Gasteiger partial charge in [-0.05, 0) is 57.1 Å². The van der Waals surface area contributed by atoms with E-state index in [4.69, 9.17) is 15.0 Å². The first-order chi connectivity index (χ1) is 33.7. The standard InChI is InChI=1S/C63H41N5/c1-5-18-42(19-6-1)44-32-36-46(37-33-44)50-28-17-31-57(58(50)47-22-9-3-10-23-47)67-55-29-15-13-26-51(55)53-40-41-54-52-27-14-16-30-56(52)68(60(54)59(53)67)63-65-61(48-24-11-4-12-25-48)64-62(66-63)49-38-34-45(35-39-49)43-20-7-2-8-21-43/h1-41H. The van der Waals surface area contributed by atoms with Gasteiger partial charge in [-0.1, -0.05) is 231 Å². The number of para-hydroxylation sites is 2. The molecule has 318 valence electrons. The van der Waals surface area contributed by atoms with Crippen molar-refractivity contribution in [1.82, 2.24) is 24.1 Å². The van der Waals surface area contributed by atoms with Gasteiger partial charge in [-0.2, -0.15) is 9.97 Å². The van der Waals surface area contributed by atoms with E-state index in [0.29, 0.717) is 17.6 Å². The second-order valence-electron chi connectivity index (χ2n) is 17.2. The number of hydrogen-bond donors (Lipinski definition) is 0. The fourth-order valence-electron chi connectivity index (χ4n) is 10.1. The third-order valence-corrected chi connectivity index (χ3v) is 13.2. The van der Waals surface area contributed by atoms with E-state index in [9.17, 15) is 0 Å². The Morgan fingerprint density at radius 3 is 1.19 bits per heavy atom. The normalized spacial score (nSPS) is 11.5. The molecule has 0 radical (unpaired) electrons. The van der Waals surface area contributed by atoms with Gasteiger partial charge in [0.2, 0.25) is 5.95 Å². The van der Waals surface area contributed by atoms with Gasteiger partial charge in [-0.25, -0.2) is 4.98 Å². The molecule has 0 bridgehead atoms. The van der Waals surface area contributed by atoms with Crippen molar-refractivity contribution < 1.29 is 0 Å². The maximum absolute atomic E-state index is 5.42. The fourth-order valence-corrected chi connectivity index (χ4v) is 10.1. The lowest BCUT2D eigenvalue weighted by molar-refractivity contribution is 0.953. The molecule has 0 saturated carbocycles. The average molecular weight is 868 g/mol. The summed E-state index contributed by atoms with van der Waals surface area (Å²) in [6, 6.07) is 88.3. The predicted molar refractivity (Wildman–Crippen MR) is 281 cm³/mol. The van der Waals surface area contributed by atoms with Crippen molar-refractivity contribution in [1.29, 1.82) is 0 Å². The Kier molecular flexibility index (Phi) is 9.43. The smallest absolute Gasteiger partial charge is 0.238 e. The van der Waals surface area contributed by atoms with Crippen LogP contribution in [0, 0.1) is 0 Å². The van der Waals surface area contributed by atoms with Gasteiger partial charge in [0.25, 0.3) is 0 Å². The number of aromatic nitrogens is 5. The predicted octanol–water partition coefficient (Wildman–Crippen LogP) is 16.1. The lowest BCUT2D eigenvalue weighted by Crippen LogP contribution is -2.07. The highest BCUT2D eigenvalue weighted by Gasteiger charge is 2.25. The van der Waals surface area contributed by atoms with Crippen LogP contribution in [0.5, 0.6) is 0 Å². The Hall–Kier alpha value is -9.19. The van der Waals surface area contributed by atoms with Crippen molar-refractivity contribution in [2.24, 2.45) is 0 Å². The highest BCUT2D eigenvalue weighted by atomic mass is 15.2. The van der Waals surface area contributed by atoms with E-state index in [1.165, 1.54) is 11.1 Å². The summed E-state index contributed by atoms with van der Waals surface area (Å²) < 4.78 is 4.75. The molecule has 68 heavy (non-hydrogen) atoms. The molecule has 0 N–H and O–H groups in total. The minimum atomic E-state index is 0.548. The largest absolute Gasteiger partial charge is 0.307 e. The van der Waals surface area contributed by atoms with Crippen LogP contribution in [0.3, 0.4) is 0 Å². The molecule has 0 aliphatic carbocycles. The van der Waals surface area contributed by atoms with E-state index in [1.54, 1.807) is 0 Å². The quantitative estimate of drug-likeness (QED) is 0.153. The Bertz CT molecular complexity index is 3970. The van der Waals surface area contributed by atoms with Crippen molar-refractivity contribution >= 4 is 43.6 Å². The van der Waals surface area contributed by atoms with Crippen molar-refractivity contribution in [2.75, 3.05) is 0 Å². The lowest BCUT2D eigenvalue weighted by atomic mass is 9.91. The van der Waals surface area contributed by atoms with E-state index < -0.39 is 0 Å². The summed E-state index contributed by atoms with van der Waals surface area (Å²) in [4.78, 5) is 16.0. The summed E-state index contributed by atoms with van der Waals surface area (Å²) in [5.41, 5.74) is 16.4. The SMILES string of the molecule is c1ccc(-c2ccc(-c3nc(-c4ccccc4)nc(-n4c5ccccc5c5ccc6c7ccccc7n(-c7cccc(-c8ccc(-c9ccccc9)cc8)c7-c7ccccc7)c6c54)n3)cc2)cc1. The topological polar surface area (TPSA) is 48.5 Å². The Morgan fingerprint density at radius 1 is 0.250 bits per heavy atom. The second-order valence-corrected chi connectivity index (χ2v) is 17.2. The van der Waals surface area contributed by atoms with Crippen molar-refractivity contribution in [3.05, 3.63) is 249 Å². The molecule has 13 rings (SSSR count). The first kappa shape index (κ1) is 39.2. The molecule has 13 aromatic rings. The molecule has 10 aromatic carbocycles. The minimum absolute atomic E-state index is 0.548. The minimum Gasteiger partial charge on any atom is -0.307 e. The molecule has 0 atom stereocenters. The number of rotatable bonds is 8. The molecule has 3 heterocycles. The summed E-state index contributed by atoms with van der Waals surface area (Å²) in [6.07, 6.45) is 0. The molecule has 0 saturated heterocycles. The molecule has 0 unspecified atom stereocenters. The molecule has 0 aliphatic rings. The maximum atomic E-state index is 5.42. The van der Waals surface area contributed by atoms with Crippen LogP contribution < -0.4 is 0 Å². The number of hydrogen-bond acceptors (Lipinski definition) is 3. The molecule has 0 spiro atoms. The zero-order valence-electron chi connectivity index (χ0n) is 36.9. The number of nitrogens with zero attached hydrogens (tertiary/aromatic N) is 5. The summed E-state index contributed by atoms with van der Waals surface area (Å²) in [5.74, 6) is 1.75. The van der Waals surface area contributed by atoms with Gasteiger partial charge in [0.15, 0.2) is 11.6 Å². The highest BCUT2D eigenvalue weighted by molar-refractivity contribution is 6.24. The van der Waals surface area contributed by atoms with Gasteiger partial charge < -0.3 is 4.57 Å². The third-order valence-electron chi connectivity index (χ3n) is 13.2. The van der Waals surface area contributed by atoms with E-state index in [-0.39, 0.29) is 0 Å². The van der Waals surface area contributed by atoms with E-state index in [2.05, 4.69) is 234 Å². The summed E-state index contributed by atoms with van der Waals surface area (Å²) in [7, 11) is 0. The van der Waals surface area contributed by atoms with E-state index in [1.807, 2.05) is 24.3 Å². The zero-order valence-corrected chi connectivity index (χ0v) is 36.9. The Labute approximate surface area is 393 Å².